The Morgan fingerprint density at radius 2 is 2.40 bits per heavy atom. The van der Waals surface area contributed by atoms with Crippen molar-refractivity contribution in [2.45, 2.75) is 39.3 Å². The maximum absolute atomic E-state index is 11.8. The number of rotatable bonds is 6. The molecule has 8 nitrogen and oxygen atoms in total. The molecule has 3 N–H and O–H groups in total. The molecule has 0 radical (unpaired) electrons. The van der Waals surface area contributed by atoms with Crippen molar-refractivity contribution in [2.24, 2.45) is 5.73 Å². The Labute approximate surface area is 116 Å². The fourth-order valence-corrected chi connectivity index (χ4v) is 1.77. The van der Waals surface area contributed by atoms with Gasteiger partial charge in [0.25, 0.3) is 0 Å². The van der Waals surface area contributed by atoms with Crippen LogP contribution in [0.2, 0.25) is 0 Å². The van der Waals surface area contributed by atoms with E-state index in [1.165, 1.54) is 4.68 Å². The van der Waals surface area contributed by atoms with Crippen molar-refractivity contribution in [3.05, 3.63) is 23.7 Å². The third-order valence-corrected chi connectivity index (χ3v) is 2.74. The van der Waals surface area contributed by atoms with Crippen molar-refractivity contribution >= 4 is 11.7 Å². The Kier molecular flexibility index (Phi) is 4.46. The summed E-state index contributed by atoms with van der Waals surface area (Å²) in [6, 6.07) is 1.50. The molecule has 20 heavy (non-hydrogen) atoms. The quantitative estimate of drug-likeness (QED) is 0.815. The number of anilines is 1. The lowest BCUT2D eigenvalue weighted by Gasteiger charge is -2.04. The van der Waals surface area contributed by atoms with Gasteiger partial charge < -0.3 is 15.6 Å². The van der Waals surface area contributed by atoms with E-state index < -0.39 is 0 Å². The third-order valence-electron chi connectivity index (χ3n) is 2.74. The molecular formula is C12H18N6O2. The number of nitrogens with one attached hydrogen (secondary N) is 1. The molecule has 2 heterocycles. The lowest BCUT2D eigenvalue weighted by molar-refractivity contribution is -0.117. The lowest BCUT2D eigenvalue weighted by atomic mass is 10.1. The molecule has 0 saturated heterocycles. The number of nitrogens with zero attached hydrogens (tertiary/aromatic N) is 4. The van der Waals surface area contributed by atoms with Crippen LogP contribution in [0.15, 0.2) is 16.8 Å². The van der Waals surface area contributed by atoms with E-state index in [9.17, 15) is 4.79 Å². The molecule has 2 aromatic rings. The molecule has 1 amide bonds. The molecule has 0 aliphatic heterocycles. The van der Waals surface area contributed by atoms with Crippen LogP contribution in [0.5, 0.6) is 0 Å². The smallest absolute Gasteiger partial charge is 0.247 e. The topological polar surface area (TPSA) is 112 Å². The van der Waals surface area contributed by atoms with E-state index in [0.29, 0.717) is 17.3 Å². The zero-order valence-corrected chi connectivity index (χ0v) is 11.5. The average molecular weight is 278 g/mol. The van der Waals surface area contributed by atoms with Gasteiger partial charge in [0.15, 0.2) is 5.82 Å². The van der Waals surface area contributed by atoms with E-state index in [1.54, 1.807) is 19.2 Å². The fourth-order valence-electron chi connectivity index (χ4n) is 1.77. The maximum atomic E-state index is 11.8. The van der Waals surface area contributed by atoms with Gasteiger partial charge in [-0.2, -0.15) is 0 Å². The number of amides is 1. The molecule has 0 bridgehead atoms. The van der Waals surface area contributed by atoms with Crippen LogP contribution in [-0.2, 0) is 11.3 Å². The first-order valence-corrected chi connectivity index (χ1v) is 6.47. The van der Waals surface area contributed by atoms with Crippen LogP contribution in [-0.4, -0.2) is 26.1 Å². The third kappa shape index (κ3) is 3.64. The second-order valence-electron chi connectivity index (χ2n) is 4.61. The van der Waals surface area contributed by atoms with Gasteiger partial charge in [-0.1, -0.05) is 23.7 Å². The molecule has 8 heteroatoms. The SMILES string of the molecule is CCCC(N)c1cn(CC(=O)Nc2cc(C)on2)nn1. The minimum Gasteiger partial charge on any atom is -0.360 e. The van der Waals surface area contributed by atoms with Crippen LogP contribution >= 0.6 is 0 Å². The van der Waals surface area contributed by atoms with Crippen molar-refractivity contribution in [3.8, 4) is 0 Å². The summed E-state index contributed by atoms with van der Waals surface area (Å²) < 4.78 is 6.31. The standard InChI is InChI=1S/C12H18N6O2/c1-3-4-9(13)10-6-18(17-15-10)7-12(19)14-11-5-8(2)20-16-11/h5-6,9H,3-4,7,13H2,1-2H3,(H,14,16,19). The Morgan fingerprint density at radius 3 is 3.05 bits per heavy atom. The van der Waals surface area contributed by atoms with Gasteiger partial charge in [0.2, 0.25) is 5.91 Å². The van der Waals surface area contributed by atoms with Gasteiger partial charge in [0.1, 0.15) is 12.3 Å². The number of hydrogen-bond acceptors (Lipinski definition) is 6. The van der Waals surface area contributed by atoms with Gasteiger partial charge in [-0.15, -0.1) is 5.10 Å². The molecule has 0 spiro atoms. The van der Waals surface area contributed by atoms with Crippen molar-refractivity contribution in [3.63, 3.8) is 0 Å². The van der Waals surface area contributed by atoms with Crippen LogP contribution in [0, 0.1) is 6.92 Å². The monoisotopic (exact) mass is 278 g/mol. The van der Waals surface area contributed by atoms with E-state index in [4.69, 9.17) is 10.3 Å². The molecular weight excluding hydrogens is 260 g/mol. The van der Waals surface area contributed by atoms with Gasteiger partial charge in [-0.05, 0) is 13.3 Å². The van der Waals surface area contributed by atoms with E-state index in [0.717, 1.165) is 12.8 Å². The van der Waals surface area contributed by atoms with E-state index in [2.05, 4.69) is 27.7 Å². The Hall–Kier alpha value is -2.22. The first-order chi connectivity index (χ1) is 9.58. The summed E-state index contributed by atoms with van der Waals surface area (Å²) in [4.78, 5) is 11.8. The molecule has 2 rings (SSSR count). The second-order valence-corrected chi connectivity index (χ2v) is 4.61. The summed E-state index contributed by atoms with van der Waals surface area (Å²) in [5, 5.41) is 14.2. The summed E-state index contributed by atoms with van der Waals surface area (Å²) in [5.41, 5.74) is 6.63. The van der Waals surface area contributed by atoms with E-state index in [1.807, 2.05) is 0 Å². The van der Waals surface area contributed by atoms with Crippen molar-refractivity contribution < 1.29 is 9.32 Å². The highest BCUT2D eigenvalue weighted by atomic mass is 16.5. The summed E-state index contributed by atoms with van der Waals surface area (Å²) in [5.74, 6) is 0.767. The predicted octanol–water partition coefficient (Wildman–Crippen LogP) is 1.01. The number of aromatic nitrogens is 4. The van der Waals surface area contributed by atoms with Crippen molar-refractivity contribution in [1.29, 1.82) is 0 Å². The maximum Gasteiger partial charge on any atom is 0.247 e. The normalized spacial score (nSPS) is 12.3. The van der Waals surface area contributed by atoms with Crippen molar-refractivity contribution in [2.75, 3.05) is 5.32 Å². The zero-order valence-electron chi connectivity index (χ0n) is 11.5. The zero-order chi connectivity index (χ0) is 14.5. The van der Waals surface area contributed by atoms with Crippen LogP contribution in [0.1, 0.15) is 37.3 Å². The molecule has 0 aliphatic rings. The van der Waals surface area contributed by atoms with Crippen LogP contribution < -0.4 is 11.1 Å². The van der Waals surface area contributed by atoms with Gasteiger partial charge in [-0.3, -0.25) is 4.79 Å². The molecule has 0 aliphatic carbocycles. The molecule has 0 fully saturated rings. The Balaban J connectivity index is 1.91. The molecule has 2 aromatic heterocycles. The van der Waals surface area contributed by atoms with Gasteiger partial charge in [0, 0.05) is 6.07 Å². The van der Waals surface area contributed by atoms with Crippen LogP contribution in [0.4, 0.5) is 5.82 Å². The highest BCUT2D eigenvalue weighted by Crippen LogP contribution is 2.12. The predicted molar refractivity (Wildman–Crippen MR) is 71.7 cm³/mol. The molecule has 108 valence electrons. The summed E-state index contributed by atoms with van der Waals surface area (Å²) in [6.07, 6.45) is 3.50. The summed E-state index contributed by atoms with van der Waals surface area (Å²) >= 11 is 0. The minimum absolute atomic E-state index is 0.0533. The lowest BCUT2D eigenvalue weighted by Crippen LogP contribution is -2.19. The number of carbonyl (C=O) groups excluding carboxylic acids is 1. The number of aryl methyl sites for hydroxylation is 1. The molecule has 0 saturated carbocycles. The Bertz CT molecular complexity index is 576. The number of nitrogens with two attached hydrogens (primary N) is 1. The number of carbonyl (C=O) groups is 1. The van der Waals surface area contributed by atoms with Gasteiger partial charge in [-0.25, -0.2) is 4.68 Å². The summed E-state index contributed by atoms with van der Waals surface area (Å²) in [7, 11) is 0. The highest BCUT2D eigenvalue weighted by molar-refractivity contribution is 5.89. The first-order valence-electron chi connectivity index (χ1n) is 6.47. The van der Waals surface area contributed by atoms with Gasteiger partial charge in [0.05, 0.1) is 17.9 Å². The van der Waals surface area contributed by atoms with E-state index >= 15 is 0 Å². The van der Waals surface area contributed by atoms with E-state index in [-0.39, 0.29) is 18.5 Å². The first kappa shape index (κ1) is 14.2. The largest absolute Gasteiger partial charge is 0.360 e. The number of hydrogen-bond donors (Lipinski definition) is 2. The molecule has 1 unspecified atom stereocenters. The highest BCUT2D eigenvalue weighted by Gasteiger charge is 2.12. The summed E-state index contributed by atoms with van der Waals surface area (Å²) in [6.45, 7) is 3.86. The average Bonchev–Trinajstić information content (AvgIpc) is 2.99. The fraction of sp³-hybridized carbons (Fsp3) is 0.500. The molecule has 1 atom stereocenters. The minimum atomic E-state index is -0.251. The molecule has 0 aromatic carbocycles. The van der Waals surface area contributed by atoms with Crippen molar-refractivity contribution in [1.82, 2.24) is 20.2 Å². The van der Waals surface area contributed by atoms with Crippen LogP contribution in [0.25, 0.3) is 0 Å². The van der Waals surface area contributed by atoms with Crippen LogP contribution in [0.3, 0.4) is 0 Å². The Morgan fingerprint density at radius 1 is 1.60 bits per heavy atom. The second kappa shape index (κ2) is 6.29. The van der Waals surface area contributed by atoms with Gasteiger partial charge >= 0.3 is 0 Å².